The lowest BCUT2D eigenvalue weighted by Crippen LogP contribution is -2.04. The van der Waals surface area contributed by atoms with Gasteiger partial charge in [-0.3, -0.25) is 0 Å². The van der Waals surface area contributed by atoms with E-state index < -0.39 is 5.97 Å². The second-order valence-electron chi connectivity index (χ2n) is 4.34. The predicted molar refractivity (Wildman–Crippen MR) is 81.4 cm³/mol. The van der Waals surface area contributed by atoms with E-state index in [1.165, 1.54) is 6.08 Å². The van der Waals surface area contributed by atoms with Gasteiger partial charge in [-0.1, -0.05) is 36.9 Å². The molecule has 112 valence electrons. The fourth-order valence-electron chi connectivity index (χ4n) is 1.56. The molecule has 0 amide bonds. The van der Waals surface area contributed by atoms with Crippen molar-refractivity contribution >= 4 is 18.0 Å². The standard InChI is InChI=1S/C17H20O4/c1-2-16(18)20-13-7-4-8-14-21-17(19)12-11-15-9-5-3-6-10-15/h2-3,5-6,9-12H,1,4,7-8,13-14H2/b12-11+. The van der Waals surface area contributed by atoms with Crippen LogP contribution in [0, 0.1) is 0 Å². The second kappa shape index (κ2) is 10.4. The van der Waals surface area contributed by atoms with E-state index in [4.69, 9.17) is 9.47 Å². The normalized spacial score (nSPS) is 10.3. The number of hydrogen-bond acceptors (Lipinski definition) is 4. The highest BCUT2D eigenvalue weighted by Crippen LogP contribution is 2.02. The SMILES string of the molecule is C=CC(=O)OCCCCCOC(=O)/C=C/c1ccccc1. The maximum absolute atomic E-state index is 11.4. The van der Waals surface area contributed by atoms with Gasteiger partial charge >= 0.3 is 11.9 Å². The van der Waals surface area contributed by atoms with Gasteiger partial charge in [0.2, 0.25) is 0 Å². The maximum Gasteiger partial charge on any atom is 0.330 e. The number of unbranched alkanes of at least 4 members (excludes halogenated alkanes) is 2. The summed E-state index contributed by atoms with van der Waals surface area (Å²) in [7, 11) is 0. The summed E-state index contributed by atoms with van der Waals surface area (Å²) in [6.07, 6.45) is 6.60. The van der Waals surface area contributed by atoms with Crippen molar-refractivity contribution in [3.8, 4) is 0 Å². The van der Waals surface area contributed by atoms with Gasteiger partial charge in [-0.2, -0.15) is 0 Å². The minimum atomic E-state index is -0.410. The summed E-state index contributed by atoms with van der Waals surface area (Å²) < 4.78 is 9.89. The zero-order valence-corrected chi connectivity index (χ0v) is 12.0. The van der Waals surface area contributed by atoms with Gasteiger partial charge in [-0.05, 0) is 30.9 Å². The Morgan fingerprint density at radius 2 is 1.57 bits per heavy atom. The first kappa shape index (κ1) is 16.7. The number of rotatable bonds is 9. The van der Waals surface area contributed by atoms with Gasteiger partial charge in [0.05, 0.1) is 13.2 Å². The summed E-state index contributed by atoms with van der Waals surface area (Å²) in [6, 6.07) is 9.55. The first-order chi connectivity index (χ1) is 10.2. The van der Waals surface area contributed by atoms with Crippen molar-refractivity contribution in [3.05, 3.63) is 54.6 Å². The molecule has 0 aromatic heterocycles. The number of benzene rings is 1. The molecule has 4 nitrogen and oxygen atoms in total. The minimum Gasteiger partial charge on any atom is -0.463 e. The number of ether oxygens (including phenoxy) is 2. The van der Waals surface area contributed by atoms with Crippen LogP contribution in [0.4, 0.5) is 0 Å². The van der Waals surface area contributed by atoms with Crippen LogP contribution in [-0.2, 0) is 19.1 Å². The Morgan fingerprint density at radius 1 is 0.952 bits per heavy atom. The molecule has 0 heterocycles. The molecule has 0 atom stereocenters. The van der Waals surface area contributed by atoms with Crippen LogP contribution >= 0.6 is 0 Å². The molecule has 0 saturated heterocycles. The van der Waals surface area contributed by atoms with Crippen molar-refractivity contribution in [3.63, 3.8) is 0 Å². The van der Waals surface area contributed by atoms with E-state index in [0.29, 0.717) is 13.2 Å². The van der Waals surface area contributed by atoms with E-state index in [0.717, 1.165) is 30.9 Å². The lowest BCUT2D eigenvalue weighted by atomic mass is 10.2. The Kier molecular flexibility index (Phi) is 8.29. The summed E-state index contributed by atoms with van der Waals surface area (Å²) in [5, 5.41) is 0. The molecule has 1 aromatic rings. The zero-order valence-electron chi connectivity index (χ0n) is 12.0. The van der Waals surface area contributed by atoms with Crippen molar-refractivity contribution in [2.45, 2.75) is 19.3 Å². The molecule has 0 N–H and O–H groups in total. The molecular formula is C17H20O4. The highest BCUT2D eigenvalue weighted by Gasteiger charge is 1.98. The van der Waals surface area contributed by atoms with Crippen molar-refractivity contribution in [2.24, 2.45) is 0 Å². The highest BCUT2D eigenvalue weighted by atomic mass is 16.5. The van der Waals surface area contributed by atoms with Crippen molar-refractivity contribution in [1.82, 2.24) is 0 Å². The third-order valence-electron chi connectivity index (χ3n) is 2.66. The average Bonchev–Trinajstić information content (AvgIpc) is 2.52. The third kappa shape index (κ3) is 8.42. The second-order valence-corrected chi connectivity index (χ2v) is 4.34. The Morgan fingerprint density at radius 3 is 2.19 bits per heavy atom. The van der Waals surface area contributed by atoms with E-state index in [9.17, 15) is 9.59 Å². The third-order valence-corrected chi connectivity index (χ3v) is 2.66. The van der Waals surface area contributed by atoms with Crippen LogP contribution in [0.3, 0.4) is 0 Å². The van der Waals surface area contributed by atoms with E-state index in [1.807, 2.05) is 30.3 Å². The largest absolute Gasteiger partial charge is 0.463 e. The quantitative estimate of drug-likeness (QED) is 0.398. The van der Waals surface area contributed by atoms with Crippen molar-refractivity contribution in [1.29, 1.82) is 0 Å². The molecule has 0 aliphatic rings. The molecular weight excluding hydrogens is 268 g/mol. The first-order valence-corrected chi connectivity index (χ1v) is 6.91. The Labute approximate surface area is 125 Å². The van der Waals surface area contributed by atoms with Gasteiger partial charge in [0, 0.05) is 12.2 Å². The number of carbonyl (C=O) groups excluding carboxylic acids is 2. The lowest BCUT2D eigenvalue weighted by molar-refractivity contribution is -0.138. The average molecular weight is 288 g/mol. The Hall–Kier alpha value is -2.36. The van der Waals surface area contributed by atoms with Gasteiger partial charge < -0.3 is 9.47 Å². The predicted octanol–water partition coefficient (Wildman–Crippen LogP) is 3.14. The van der Waals surface area contributed by atoms with Crippen molar-refractivity contribution < 1.29 is 19.1 Å². The van der Waals surface area contributed by atoms with Gasteiger partial charge in [-0.25, -0.2) is 9.59 Å². The zero-order chi connectivity index (χ0) is 15.3. The van der Waals surface area contributed by atoms with Crippen LogP contribution in [0.25, 0.3) is 6.08 Å². The summed E-state index contributed by atoms with van der Waals surface area (Å²) in [5.74, 6) is -0.760. The highest BCUT2D eigenvalue weighted by molar-refractivity contribution is 5.87. The number of hydrogen-bond donors (Lipinski definition) is 0. The molecule has 0 spiro atoms. The first-order valence-electron chi connectivity index (χ1n) is 6.91. The fraction of sp³-hybridized carbons (Fsp3) is 0.294. The molecule has 0 bridgehead atoms. The molecule has 0 unspecified atom stereocenters. The van der Waals surface area contributed by atoms with Gasteiger partial charge in [0.1, 0.15) is 0 Å². The van der Waals surface area contributed by atoms with Crippen LogP contribution in [0.1, 0.15) is 24.8 Å². The van der Waals surface area contributed by atoms with Crippen molar-refractivity contribution in [2.75, 3.05) is 13.2 Å². The van der Waals surface area contributed by atoms with Gasteiger partial charge in [0.15, 0.2) is 0 Å². The molecule has 1 aromatic carbocycles. The summed E-state index contributed by atoms with van der Waals surface area (Å²) >= 11 is 0. The molecule has 0 aliphatic carbocycles. The van der Waals surface area contributed by atoms with Gasteiger partial charge in [-0.15, -0.1) is 0 Å². The van der Waals surface area contributed by atoms with E-state index >= 15 is 0 Å². The smallest absolute Gasteiger partial charge is 0.330 e. The molecule has 0 radical (unpaired) electrons. The number of esters is 2. The van der Waals surface area contributed by atoms with Crippen LogP contribution in [0.2, 0.25) is 0 Å². The summed E-state index contributed by atoms with van der Waals surface area (Å²) in [4.78, 5) is 22.2. The molecule has 0 saturated carbocycles. The molecule has 1 rings (SSSR count). The van der Waals surface area contributed by atoms with Crippen LogP contribution in [0.15, 0.2) is 49.1 Å². The van der Waals surface area contributed by atoms with E-state index in [1.54, 1.807) is 6.08 Å². The van der Waals surface area contributed by atoms with Gasteiger partial charge in [0.25, 0.3) is 0 Å². The Balaban J connectivity index is 2.05. The van der Waals surface area contributed by atoms with E-state index in [2.05, 4.69) is 6.58 Å². The van der Waals surface area contributed by atoms with Crippen LogP contribution in [-0.4, -0.2) is 25.2 Å². The summed E-state index contributed by atoms with van der Waals surface area (Å²) in [6.45, 7) is 4.05. The van der Waals surface area contributed by atoms with Crippen LogP contribution < -0.4 is 0 Å². The van der Waals surface area contributed by atoms with E-state index in [-0.39, 0.29) is 5.97 Å². The maximum atomic E-state index is 11.4. The monoisotopic (exact) mass is 288 g/mol. The minimum absolute atomic E-state index is 0.350. The molecule has 0 aliphatic heterocycles. The summed E-state index contributed by atoms with van der Waals surface area (Å²) in [5.41, 5.74) is 0.957. The Bertz CT molecular complexity index is 477. The molecule has 4 heteroatoms. The van der Waals surface area contributed by atoms with Crippen LogP contribution in [0.5, 0.6) is 0 Å². The molecule has 21 heavy (non-hydrogen) atoms. The molecule has 0 fully saturated rings. The number of carbonyl (C=O) groups is 2. The fourth-order valence-corrected chi connectivity index (χ4v) is 1.56. The topological polar surface area (TPSA) is 52.6 Å². The lowest BCUT2D eigenvalue weighted by Gasteiger charge is -2.03.